The minimum atomic E-state index is -0.636. The third kappa shape index (κ3) is 4.83. The number of hydrogen-bond acceptors (Lipinski definition) is 3. The van der Waals surface area contributed by atoms with E-state index in [-0.39, 0.29) is 17.8 Å². The van der Waals surface area contributed by atoms with Gasteiger partial charge in [0.2, 0.25) is 0 Å². The quantitative estimate of drug-likeness (QED) is 0.803. The summed E-state index contributed by atoms with van der Waals surface area (Å²) in [6, 6.07) is 9.80. The fourth-order valence-electron chi connectivity index (χ4n) is 4.51. The SMILES string of the molecule is O=C(O)C1CCC(C2CCC(C(=O)OCc3ccccc3)CC2)CC1. The first-order chi connectivity index (χ1) is 12.1. The van der Waals surface area contributed by atoms with Crippen molar-refractivity contribution >= 4 is 11.9 Å². The van der Waals surface area contributed by atoms with Gasteiger partial charge >= 0.3 is 11.9 Å². The van der Waals surface area contributed by atoms with Crippen LogP contribution in [-0.2, 0) is 20.9 Å². The molecule has 0 saturated heterocycles. The predicted molar refractivity (Wildman–Crippen MR) is 94.8 cm³/mol. The van der Waals surface area contributed by atoms with E-state index in [0.717, 1.165) is 56.9 Å². The van der Waals surface area contributed by atoms with Crippen LogP contribution in [0.5, 0.6) is 0 Å². The minimum Gasteiger partial charge on any atom is -0.481 e. The molecule has 1 aromatic carbocycles. The van der Waals surface area contributed by atoms with Crippen LogP contribution in [0.4, 0.5) is 0 Å². The Balaban J connectivity index is 1.40. The summed E-state index contributed by atoms with van der Waals surface area (Å²) < 4.78 is 5.48. The molecule has 0 unspecified atom stereocenters. The summed E-state index contributed by atoms with van der Waals surface area (Å²) >= 11 is 0. The number of carbonyl (C=O) groups excluding carboxylic acids is 1. The smallest absolute Gasteiger partial charge is 0.309 e. The van der Waals surface area contributed by atoms with Gasteiger partial charge < -0.3 is 9.84 Å². The molecule has 0 amide bonds. The molecular weight excluding hydrogens is 316 g/mol. The normalized spacial score (nSPS) is 29.8. The second kappa shape index (κ2) is 8.50. The van der Waals surface area contributed by atoms with Crippen molar-refractivity contribution in [3.8, 4) is 0 Å². The lowest BCUT2D eigenvalue weighted by Gasteiger charge is -2.36. The highest BCUT2D eigenvalue weighted by molar-refractivity contribution is 5.72. The van der Waals surface area contributed by atoms with Gasteiger partial charge in [0.1, 0.15) is 6.61 Å². The largest absolute Gasteiger partial charge is 0.481 e. The van der Waals surface area contributed by atoms with Gasteiger partial charge in [0.05, 0.1) is 11.8 Å². The molecule has 0 spiro atoms. The molecule has 0 aromatic heterocycles. The van der Waals surface area contributed by atoms with E-state index in [0.29, 0.717) is 18.4 Å². The minimum absolute atomic E-state index is 0.0373. The summed E-state index contributed by atoms with van der Waals surface area (Å²) in [6.07, 6.45) is 7.68. The van der Waals surface area contributed by atoms with Gasteiger partial charge in [0, 0.05) is 0 Å². The summed E-state index contributed by atoms with van der Waals surface area (Å²) in [6.45, 7) is 0.360. The molecule has 1 N–H and O–H groups in total. The predicted octanol–water partition coefficient (Wildman–Crippen LogP) is 4.43. The van der Waals surface area contributed by atoms with Crippen LogP contribution < -0.4 is 0 Å². The third-order valence-electron chi connectivity index (χ3n) is 6.12. The van der Waals surface area contributed by atoms with Crippen molar-refractivity contribution in [2.45, 2.75) is 58.0 Å². The van der Waals surface area contributed by atoms with E-state index in [4.69, 9.17) is 9.84 Å². The van der Waals surface area contributed by atoms with Gasteiger partial charge in [-0.1, -0.05) is 30.3 Å². The Hall–Kier alpha value is -1.84. The monoisotopic (exact) mass is 344 g/mol. The van der Waals surface area contributed by atoms with Crippen LogP contribution in [0, 0.1) is 23.7 Å². The van der Waals surface area contributed by atoms with Crippen LogP contribution in [0.15, 0.2) is 30.3 Å². The first-order valence-corrected chi connectivity index (χ1v) is 9.57. The van der Waals surface area contributed by atoms with E-state index in [1.54, 1.807) is 0 Å². The van der Waals surface area contributed by atoms with Gasteiger partial charge in [-0.2, -0.15) is 0 Å². The number of carboxylic acid groups (broad SMARTS) is 1. The summed E-state index contributed by atoms with van der Waals surface area (Å²) in [4.78, 5) is 23.4. The number of ether oxygens (including phenoxy) is 1. The molecule has 2 fully saturated rings. The molecule has 4 heteroatoms. The van der Waals surface area contributed by atoms with Gasteiger partial charge in [-0.05, 0) is 68.8 Å². The highest BCUT2D eigenvalue weighted by Crippen LogP contribution is 2.41. The molecule has 0 atom stereocenters. The van der Waals surface area contributed by atoms with E-state index < -0.39 is 5.97 Å². The summed E-state index contributed by atoms with van der Waals surface area (Å²) in [5.41, 5.74) is 1.03. The number of carbonyl (C=O) groups is 2. The van der Waals surface area contributed by atoms with Crippen molar-refractivity contribution in [2.24, 2.45) is 23.7 Å². The van der Waals surface area contributed by atoms with Crippen LogP contribution in [0.25, 0.3) is 0 Å². The highest BCUT2D eigenvalue weighted by Gasteiger charge is 2.34. The molecular formula is C21H28O4. The van der Waals surface area contributed by atoms with Gasteiger partial charge in [0.15, 0.2) is 0 Å². The Morgan fingerprint density at radius 3 is 1.88 bits per heavy atom. The van der Waals surface area contributed by atoms with Crippen molar-refractivity contribution < 1.29 is 19.4 Å². The molecule has 136 valence electrons. The Labute approximate surface area is 149 Å². The summed E-state index contributed by atoms with van der Waals surface area (Å²) in [5, 5.41) is 9.11. The number of esters is 1. The van der Waals surface area contributed by atoms with Crippen LogP contribution in [-0.4, -0.2) is 17.0 Å². The molecule has 2 aliphatic carbocycles. The summed E-state index contributed by atoms with van der Waals surface area (Å²) in [7, 11) is 0. The standard InChI is InChI=1S/C21H28O4/c22-20(23)18-10-6-16(7-11-18)17-8-12-19(13-9-17)21(24)25-14-15-4-2-1-3-5-15/h1-5,16-19H,6-14H2,(H,22,23). The zero-order valence-electron chi connectivity index (χ0n) is 14.7. The van der Waals surface area contributed by atoms with E-state index >= 15 is 0 Å². The molecule has 1 aromatic rings. The van der Waals surface area contributed by atoms with E-state index in [9.17, 15) is 9.59 Å². The average Bonchev–Trinajstić information content (AvgIpc) is 2.67. The lowest BCUT2D eigenvalue weighted by molar-refractivity contribution is -0.151. The second-order valence-electron chi connectivity index (χ2n) is 7.65. The Morgan fingerprint density at radius 1 is 0.840 bits per heavy atom. The number of rotatable bonds is 5. The molecule has 3 rings (SSSR count). The third-order valence-corrected chi connectivity index (χ3v) is 6.12. The van der Waals surface area contributed by atoms with Crippen molar-refractivity contribution in [3.05, 3.63) is 35.9 Å². The molecule has 0 bridgehead atoms. The number of aliphatic carboxylic acids is 1. The maximum absolute atomic E-state index is 12.3. The lowest BCUT2D eigenvalue weighted by atomic mass is 9.69. The molecule has 2 aliphatic rings. The Kier molecular flexibility index (Phi) is 6.11. The molecule has 0 heterocycles. The van der Waals surface area contributed by atoms with Gasteiger partial charge in [-0.3, -0.25) is 9.59 Å². The van der Waals surface area contributed by atoms with Gasteiger partial charge in [0.25, 0.3) is 0 Å². The Morgan fingerprint density at radius 2 is 1.36 bits per heavy atom. The summed E-state index contributed by atoms with van der Waals surface area (Å²) in [5.74, 6) is 0.515. The maximum atomic E-state index is 12.3. The van der Waals surface area contributed by atoms with E-state index in [1.165, 1.54) is 0 Å². The van der Waals surface area contributed by atoms with Crippen LogP contribution >= 0.6 is 0 Å². The Bertz CT molecular complexity index is 567. The fraction of sp³-hybridized carbons (Fsp3) is 0.619. The van der Waals surface area contributed by atoms with Crippen LogP contribution in [0.1, 0.15) is 56.9 Å². The molecule has 25 heavy (non-hydrogen) atoms. The maximum Gasteiger partial charge on any atom is 0.309 e. The van der Waals surface area contributed by atoms with Gasteiger partial charge in [-0.15, -0.1) is 0 Å². The molecule has 2 saturated carbocycles. The highest BCUT2D eigenvalue weighted by atomic mass is 16.5. The van der Waals surface area contributed by atoms with Gasteiger partial charge in [-0.25, -0.2) is 0 Å². The lowest BCUT2D eigenvalue weighted by Crippen LogP contribution is -2.30. The fourth-order valence-corrected chi connectivity index (χ4v) is 4.51. The zero-order chi connectivity index (χ0) is 17.6. The van der Waals surface area contributed by atoms with Crippen molar-refractivity contribution in [3.63, 3.8) is 0 Å². The van der Waals surface area contributed by atoms with E-state index in [2.05, 4.69) is 0 Å². The molecule has 4 nitrogen and oxygen atoms in total. The van der Waals surface area contributed by atoms with Crippen LogP contribution in [0.3, 0.4) is 0 Å². The number of hydrogen-bond donors (Lipinski definition) is 1. The first kappa shape index (κ1) is 18.0. The topological polar surface area (TPSA) is 63.6 Å². The number of benzene rings is 1. The van der Waals surface area contributed by atoms with Crippen LogP contribution in [0.2, 0.25) is 0 Å². The van der Waals surface area contributed by atoms with Crippen molar-refractivity contribution in [1.82, 2.24) is 0 Å². The molecule has 0 radical (unpaired) electrons. The van der Waals surface area contributed by atoms with E-state index in [1.807, 2.05) is 30.3 Å². The second-order valence-corrected chi connectivity index (χ2v) is 7.65. The first-order valence-electron chi connectivity index (χ1n) is 9.57. The van der Waals surface area contributed by atoms with Crippen molar-refractivity contribution in [2.75, 3.05) is 0 Å². The average molecular weight is 344 g/mol. The number of carboxylic acids is 1. The molecule has 0 aliphatic heterocycles. The van der Waals surface area contributed by atoms with Crippen molar-refractivity contribution in [1.29, 1.82) is 0 Å². The zero-order valence-corrected chi connectivity index (χ0v) is 14.7.